The monoisotopic (exact) mass is 327 g/mol. The van der Waals surface area contributed by atoms with Crippen LogP contribution in [-0.2, 0) is 0 Å². The van der Waals surface area contributed by atoms with Crippen LogP contribution < -0.4 is 5.73 Å². The van der Waals surface area contributed by atoms with Gasteiger partial charge in [0.15, 0.2) is 0 Å². The maximum Gasteiger partial charge on any atom is 0.122 e. The van der Waals surface area contributed by atoms with E-state index in [0.29, 0.717) is 24.5 Å². The summed E-state index contributed by atoms with van der Waals surface area (Å²) in [4.78, 5) is 0. The molecule has 4 N–H and O–H groups in total. The van der Waals surface area contributed by atoms with Gasteiger partial charge in [-0.15, -0.1) is 0 Å². The summed E-state index contributed by atoms with van der Waals surface area (Å²) >= 11 is 0. The molecule has 0 aliphatic heterocycles. The van der Waals surface area contributed by atoms with E-state index < -0.39 is 0 Å². The van der Waals surface area contributed by atoms with Crippen molar-refractivity contribution in [2.75, 3.05) is 6.54 Å². The van der Waals surface area contributed by atoms with Crippen molar-refractivity contribution in [2.24, 2.45) is 5.73 Å². The number of hydrogen-bond acceptors (Lipinski definition) is 3. The lowest BCUT2D eigenvalue weighted by Crippen LogP contribution is -2.10. The zero-order chi connectivity index (χ0) is 17.9. The molecule has 2 aromatic carbocycles. The summed E-state index contributed by atoms with van der Waals surface area (Å²) in [6, 6.07) is 11.7. The first-order valence-corrected chi connectivity index (χ1v) is 8.72. The Labute approximate surface area is 145 Å². The van der Waals surface area contributed by atoms with Gasteiger partial charge in [0.25, 0.3) is 0 Å². The third-order valence-corrected chi connectivity index (χ3v) is 4.65. The van der Waals surface area contributed by atoms with Gasteiger partial charge in [0.05, 0.1) is 0 Å². The van der Waals surface area contributed by atoms with Crippen molar-refractivity contribution in [1.29, 1.82) is 0 Å². The first-order valence-electron chi connectivity index (χ1n) is 8.72. The fourth-order valence-corrected chi connectivity index (χ4v) is 3.30. The number of phenols is 2. The molecular weight excluding hydrogens is 298 g/mol. The first kappa shape index (κ1) is 18.3. The maximum absolute atomic E-state index is 10.8. The molecule has 130 valence electrons. The van der Waals surface area contributed by atoms with Crippen LogP contribution in [-0.4, -0.2) is 16.8 Å². The molecule has 0 spiro atoms. The van der Waals surface area contributed by atoms with Crippen LogP contribution >= 0.6 is 0 Å². The molecule has 24 heavy (non-hydrogen) atoms. The van der Waals surface area contributed by atoms with Crippen LogP contribution in [0.25, 0.3) is 0 Å². The lowest BCUT2D eigenvalue weighted by Gasteiger charge is -2.23. The van der Waals surface area contributed by atoms with Gasteiger partial charge in [0, 0.05) is 17.0 Å². The highest BCUT2D eigenvalue weighted by atomic mass is 16.3. The van der Waals surface area contributed by atoms with E-state index in [1.54, 1.807) is 0 Å². The Bertz CT molecular complexity index is 635. The number of rotatable bonds is 6. The van der Waals surface area contributed by atoms with E-state index in [9.17, 15) is 10.2 Å². The molecule has 0 amide bonds. The molecule has 0 aliphatic carbocycles. The van der Waals surface area contributed by atoms with Crippen molar-refractivity contribution in [2.45, 2.75) is 51.9 Å². The van der Waals surface area contributed by atoms with E-state index in [1.807, 2.05) is 36.4 Å². The van der Waals surface area contributed by atoms with E-state index in [4.69, 9.17) is 5.73 Å². The number of benzene rings is 2. The summed E-state index contributed by atoms with van der Waals surface area (Å²) in [5.41, 5.74) is 9.36. The molecule has 3 heteroatoms. The van der Waals surface area contributed by atoms with Gasteiger partial charge in [0.1, 0.15) is 11.5 Å². The van der Waals surface area contributed by atoms with E-state index in [1.165, 1.54) is 0 Å². The minimum atomic E-state index is -0.118. The highest BCUT2D eigenvalue weighted by Gasteiger charge is 2.23. The Balaban J connectivity index is 2.60. The Morgan fingerprint density at radius 2 is 1.12 bits per heavy atom. The van der Waals surface area contributed by atoms with Crippen molar-refractivity contribution >= 4 is 0 Å². The van der Waals surface area contributed by atoms with Crippen molar-refractivity contribution < 1.29 is 10.2 Å². The summed E-state index contributed by atoms with van der Waals surface area (Å²) in [7, 11) is 0. The third kappa shape index (κ3) is 3.57. The Kier molecular flexibility index (Phi) is 5.89. The second-order valence-electron chi connectivity index (χ2n) is 7.01. The molecule has 3 nitrogen and oxygen atoms in total. The molecule has 0 radical (unpaired) electrons. The molecular formula is C21H29NO2. The smallest absolute Gasteiger partial charge is 0.122 e. The van der Waals surface area contributed by atoms with Gasteiger partial charge in [-0.25, -0.2) is 0 Å². The average molecular weight is 327 g/mol. The van der Waals surface area contributed by atoms with Crippen molar-refractivity contribution in [1.82, 2.24) is 0 Å². The molecule has 2 rings (SSSR count). The molecule has 0 fully saturated rings. The van der Waals surface area contributed by atoms with Crippen LogP contribution in [0.3, 0.4) is 0 Å². The van der Waals surface area contributed by atoms with Crippen LogP contribution in [0.15, 0.2) is 36.4 Å². The minimum absolute atomic E-state index is 0.118. The molecule has 0 unspecified atom stereocenters. The summed E-state index contributed by atoms with van der Waals surface area (Å²) in [6.07, 6.45) is 0.671. The number of hydrogen-bond donors (Lipinski definition) is 3. The lowest BCUT2D eigenvalue weighted by atomic mass is 9.83. The fourth-order valence-electron chi connectivity index (χ4n) is 3.30. The van der Waals surface area contributed by atoms with Crippen molar-refractivity contribution in [3.8, 4) is 11.5 Å². The number of para-hydroxylation sites is 2. The molecule has 2 aromatic rings. The quantitative estimate of drug-likeness (QED) is 0.712. The Morgan fingerprint density at radius 1 is 0.750 bits per heavy atom. The van der Waals surface area contributed by atoms with E-state index in [-0.39, 0.29) is 17.8 Å². The molecule has 0 aromatic heterocycles. The standard InChI is InChI=1S/C21H29NO2/c1-13(2)15-7-5-9-18(20(15)23)17(11-12-22)19-10-6-8-16(14(3)4)21(19)24/h5-10,13-14,17,23-24H,11-12,22H2,1-4H3. The Morgan fingerprint density at radius 3 is 1.46 bits per heavy atom. The predicted molar refractivity (Wildman–Crippen MR) is 99.9 cm³/mol. The zero-order valence-corrected chi connectivity index (χ0v) is 15.1. The molecule has 0 saturated carbocycles. The van der Waals surface area contributed by atoms with Crippen molar-refractivity contribution in [3.63, 3.8) is 0 Å². The lowest BCUT2D eigenvalue weighted by molar-refractivity contribution is 0.441. The van der Waals surface area contributed by atoms with Gasteiger partial charge in [-0.05, 0) is 35.9 Å². The van der Waals surface area contributed by atoms with Crippen LogP contribution in [0.5, 0.6) is 11.5 Å². The van der Waals surface area contributed by atoms with Gasteiger partial charge < -0.3 is 15.9 Å². The second kappa shape index (κ2) is 7.71. The average Bonchev–Trinajstić information content (AvgIpc) is 2.53. The van der Waals surface area contributed by atoms with Gasteiger partial charge >= 0.3 is 0 Å². The molecule has 0 bridgehead atoms. The van der Waals surface area contributed by atoms with Gasteiger partial charge in [-0.1, -0.05) is 64.1 Å². The summed E-state index contributed by atoms with van der Waals surface area (Å²) in [5, 5.41) is 21.5. The topological polar surface area (TPSA) is 66.5 Å². The molecule has 0 aliphatic rings. The van der Waals surface area contributed by atoms with Crippen LogP contribution in [0.4, 0.5) is 0 Å². The fraction of sp³-hybridized carbons (Fsp3) is 0.429. The first-order chi connectivity index (χ1) is 11.4. The SMILES string of the molecule is CC(C)c1cccc(C(CCN)c2cccc(C(C)C)c2O)c1O. The summed E-state index contributed by atoms with van der Waals surface area (Å²) < 4.78 is 0. The van der Waals surface area contributed by atoms with E-state index >= 15 is 0 Å². The maximum atomic E-state index is 10.8. The van der Waals surface area contributed by atoms with E-state index in [2.05, 4.69) is 27.7 Å². The van der Waals surface area contributed by atoms with Crippen LogP contribution in [0, 0.1) is 0 Å². The largest absolute Gasteiger partial charge is 0.507 e. The van der Waals surface area contributed by atoms with E-state index in [0.717, 1.165) is 22.3 Å². The molecule has 0 heterocycles. The normalized spacial score (nSPS) is 11.7. The van der Waals surface area contributed by atoms with Crippen molar-refractivity contribution in [3.05, 3.63) is 58.7 Å². The number of aromatic hydroxyl groups is 2. The molecule has 0 saturated heterocycles. The van der Waals surface area contributed by atoms with Gasteiger partial charge in [-0.2, -0.15) is 0 Å². The summed E-state index contributed by atoms with van der Waals surface area (Å²) in [5.74, 6) is 0.992. The highest BCUT2D eigenvalue weighted by Crippen LogP contribution is 2.42. The summed E-state index contributed by atoms with van der Waals surface area (Å²) in [6.45, 7) is 8.74. The van der Waals surface area contributed by atoms with Crippen LogP contribution in [0.1, 0.15) is 74.1 Å². The van der Waals surface area contributed by atoms with Gasteiger partial charge in [0.2, 0.25) is 0 Å². The third-order valence-electron chi connectivity index (χ3n) is 4.65. The highest BCUT2D eigenvalue weighted by molar-refractivity contribution is 5.52. The number of nitrogens with two attached hydrogens (primary N) is 1. The molecule has 0 atom stereocenters. The number of phenolic OH excluding ortho intramolecular Hbond substituents is 2. The second-order valence-corrected chi connectivity index (χ2v) is 7.01. The zero-order valence-electron chi connectivity index (χ0n) is 15.1. The Hall–Kier alpha value is -2.00. The minimum Gasteiger partial charge on any atom is -0.507 e. The van der Waals surface area contributed by atoms with Gasteiger partial charge in [-0.3, -0.25) is 0 Å². The van der Waals surface area contributed by atoms with Crippen LogP contribution in [0.2, 0.25) is 0 Å². The predicted octanol–water partition coefficient (Wildman–Crippen LogP) is 4.83.